The molecule has 1 aromatic carbocycles. The molecule has 2 N–H and O–H groups in total. The van der Waals surface area contributed by atoms with Gasteiger partial charge in [0.2, 0.25) is 5.91 Å². The highest BCUT2D eigenvalue weighted by Gasteiger charge is 2.25. The van der Waals surface area contributed by atoms with E-state index < -0.39 is 0 Å². The molecule has 1 aromatic rings. The molecule has 0 spiro atoms. The van der Waals surface area contributed by atoms with Gasteiger partial charge in [-0.05, 0) is 51.8 Å². The van der Waals surface area contributed by atoms with Crippen LogP contribution in [0.3, 0.4) is 0 Å². The van der Waals surface area contributed by atoms with Crippen LogP contribution in [0.25, 0.3) is 0 Å². The van der Waals surface area contributed by atoms with Crippen molar-refractivity contribution in [2.75, 3.05) is 36.8 Å². The Hall–Kier alpha value is -1.75. The lowest BCUT2D eigenvalue weighted by Crippen LogP contribution is -2.48. The molecule has 0 saturated carbocycles. The van der Waals surface area contributed by atoms with Gasteiger partial charge in [0.15, 0.2) is 0 Å². The molecule has 24 heavy (non-hydrogen) atoms. The first-order chi connectivity index (χ1) is 11.4. The minimum Gasteiger partial charge on any atom is -0.397 e. The lowest BCUT2D eigenvalue weighted by molar-refractivity contribution is -0.143. The third-order valence-corrected chi connectivity index (χ3v) is 4.60. The Morgan fingerprint density at radius 3 is 2.42 bits per heavy atom. The highest BCUT2D eigenvalue weighted by atomic mass is 16.5. The Kier molecular flexibility index (Phi) is 6.49. The Balaban J connectivity index is 1.94. The SMILES string of the molecule is CCN(CC)c1ccc(CCC(=O)N2CC(C)OC(C)C2)cc1N. The number of nitrogens with zero attached hydrogens (tertiary/aromatic N) is 2. The smallest absolute Gasteiger partial charge is 0.223 e. The molecule has 0 bridgehead atoms. The molecular weight excluding hydrogens is 302 g/mol. The van der Waals surface area contributed by atoms with Crippen molar-refractivity contribution < 1.29 is 9.53 Å². The van der Waals surface area contributed by atoms with Gasteiger partial charge in [0.25, 0.3) is 0 Å². The zero-order valence-corrected chi connectivity index (χ0v) is 15.4. The summed E-state index contributed by atoms with van der Waals surface area (Å²) < 4.78 is 5.69. The van der Waals surface area contributed by atoms with Crippen molar-refractivity contribution in [3.63, 3.8) is 0 Å². The van der Waals surface area contributed by atoms with E-state index in [9.17, 15) is 4.79 Å². The molecule has 1 amide bonds. The number of nitrogen functional groups attached to an aromatic ring is 1. The Bertz CT molecular complexity index is 548. The number of aryl methyl sites for hydroxylation is 1. The van der Waals surface area contributed by atoms with Gasteiger partial charge in [-0.15, -0.1) is 0 Å². The molecule has 0 aromatic heterocycles. The topological polar surface area (TPSA) is 58.8 Å². The summed E-state index contributed by atoms with van der Waals surface area (Å²) in [5.74, 6) is 0.198. The number of carbonyl (C=O) groups is 1. The first kappa shape index (κ1) is 18.6. The third-order valence-electron chi connectivity index (χ3n) is 4.60. The van der Waals surface area contributed by atoms with Gasteiger partial charge >= 0.3 is 0 Å². The van der Waals surface area contributed by atoms with Crippen LogP contribution in [0.1, 0.15) is 39.7 Å². The summed E-state index contributed by atoms with van der Waals surface area (Å²) >= 11 is 0. The number of morpholine rings is 1. The van der Waals surface area contributed by atoms with Crippen molar-refractivity contribution in [3.05, 3.63) is 23.8 Å². The number of anilines is 2. The summed E-state index contributed by atoms with van der Waals surface area (Å²) in [6, 6.07) is 6.16. The second-order valence-corrected chi connectivity index (χ2v) is 6.62. The predicted molar refractivity (Wildman–Crippen MR) is 99.3 cm³/mol. The first-order valence-corrected chi connectivity index (χ1v) is 9.01. The molecule has 1 saturated heterocycles. The number of ether oxygens (including phenoxy) is 1. The number of carbonyl (C=O) groups excluding carboxylic acids is 1. The fourth-order valence-electron chi connectivity index (χ4n) is 3.40. The maximum absolute atomic E-state index is 12.4. The Morgan fingerprint density at radius 2 is 1.88 bits per heavy atom. The number of hydrogen-bond donors (Lipinski definition) is 1. The summed E-state index contributed by atoms with van der Waals surface area (Å²) in [5.41, 5.74) is 9.19. The third kappa shape index (κ3) is 4.63. The van der Waals surface area contributed by atoms with Crippen molar-refractivity contribution in [2.24, 2.45) is 0 Å². The van der Waals surface area contributed by atoms with Gasteiger partial charge in [0, 0.05) is 32.6 Å². The van der Waals surface area contributed by atoms with E-state index in [2.05, 4.69) is 30.9 Å². The van der Waals surface area contributed by atoms with Crippen LogP contribution in [-0.2, 0) is 16.0 Å². The molecule has 2 atom stereocenters. The van der Waals surface area contributed by atoms with Crippen LogP contribution in [0.2, 0.25) is 0 Å². The van der Waals surface area contributed by atoms with Crippen molar-refractivity contribution in [2.45, 2.75) is 52.7 Å². The quantitative estimate of drug-likeness (QED) is 0.813. The predicted octanol–water partition coefficient (Wildman–Crippen LogP) is 2.68. The summed E-state index contributed by atoms with van der Waals surface area (Å²) in [6.45, 7) is 11.5. The zero-order chi connectivity index (χ0) is 17.7. The number of hydrogen-bond acceptors (Lipinski definition) is 4. The maximum Gasteiger partial charge on any atom is 0.223 e. The fraction of sp³-hybridized carbons (Fsp3) is 0.632. The molecule has 5 heteroatoms. The molecule has 1 fully saturated rings. The van der Waals surface area contributed by atoms with E-state index in [1.54, 1.807) is 0 Å². The maximum atomic E-state index is 12.4. The second kappa shape index (κ2) is 8.38. The van der Waals surface area contributed by atoms with Crippen LogP contribution >= 0.6 is 0 Å². The van der Waals surface area contributed by atoms with Gasteiger partial charge in [0.05, 0.1) is 23.6 Å². The lowest BCUT2D eigenvalue weighted by Gasteiger charge is -2.35. The molecule has 1 heterocycles. The minimum absolute atomic E-state index is 0.113. The van der Waals surface area contributed by atoms with Crippen molar-refractivity contribution in [3.8, 4) is 0 Å². The molecule has 0 aliphatic carbocycles. The lowest BCUT2D eigenvalue weighted by atomic mass is 10.1. The number of benzene rings is 1. The number of nitrogens with two attached hydrogens (primary N) is 1. The summed E-state index contributed by atoms with van der Waals surface area (Å²) in [5, 5.41) is 0. The van der Waals surface area contributed by atoms with Crippen LogP contribution < -0.4 is 10.6 Å². The van der Waals surface area contributed by atoms with Crippen molar-refractivity contribution >= 4 is 17.3 Å². The molecule has 5 nitrogen and oxygen atoms in total. The monoisotopic (exact) mass is 333 g/mol. The van der Waals surface area contributed by atoms with Gasteiger partial charge in [-0.2, -0.15) is 0 Å². The normalized spacial score (nSPS) is 20.9. The summed E-state index contributed by atoms with van der Waals surface area (Å²) in [4.78, 5) is 16.6. The van der Waals surface area contributed by atoms with Crippen molar-refractivity contribution in [1.82, 2.24) is 4.90 Å². The van der Waals surface area contributed by atoms with E-state index in [1.807, 2.05) is 24.8 Å². The highest BCUT2D eigenvalue weighted by Crippen LogP contribution is 2.25. The number of amides is 1. The summed E-state index contributed by atoms with van der Waals surface area (Å²) in [6.07, 6.45) is 1.47. The second-order valence-electron chi connectivity index (χ2n) is 6.62. The van der Waals surface area contributed by atoms with Gasteiger partial charge in [-0.3, -0.25) is 4.79 Å². The van der Waals surface area contributed by atoms with E-state index in [4.69, 9.17) is 10.5 Å². The van der Waals surface area contributed by atoms with Crippen LogP contribution in [0, 0.1) is 0 Å². The molecular formula is C19H31N3O2. The van der Waals surface area contributed by atoms with Crippen LogP contribution in [0.15, 0.2) is 18.2 Å². The molecule has 0 radical (unpaired) electrons. The molecule has 1 aliphatic rings. The highest BCUT2D eigenvalue weighted by molar-refractivity contribution is 5.77. The molecule has 2 unspecified atom stereocenters. The molecule has 134 valence electrons. The Labute approximate surface area is 145 Å². The van der Waals surface area contributed by atoms with E-state index in [0.717, 1.165) is 36.4 Å². The van der Waals surface area contributed by atoms with Crippen LogP contribution in [0.4, 0.5) is 11.4 Å². The zero-order valence-electron chi connectivity index (χ0n) is 15.4. The van der Waals surface area contributed by atoms with Gasteiger partial charge < -0.3 is 20.3 Å². The largest absolute Gasteiger partial charge is 0.397 e. The fourth-order valence-corrected chi connectivity index (χ4v) is 3.40. The number of rotatable bonds is 6. The van der Waals surface area contributed by atoms with E-state index >= 15 is 0 Å². The van der Waals surface area contributed by atoms with Gasteiger partial charge in [-0.25, -0.2) is 0 Å². The van der Waals surface area contributed by atoms with E-state index in [-0.39, 0.29) is 18.1 Å². The molecule has 2 rings (SSSR count). The standard InChI is InChI=1S/C19H31N3O2/c1-5-21(6-2)18-9-7-16(11-17(18)20)8-10-19(23)22-12-14(3)24-15(4)13-22/h7,9,11,14-15H,5-6,8,10,12-13,20H2,1-4H3. The van der Waals surface area contributed by atoms with Crippen LogP contribution in [-0.4, -0.2) is 49.2 Å². The van der Waals surface area contributed by atoms with E-state index in [1.165, 1.54) is 0 Å². The van der Waals surface area contributed by atoms with Gasteiger partial charge in [-0.1, -0.05) is 6.07 Å². The minimum atomic E-state index is 0.113. The Morgan fingerprint density at radius 1 is 1.25 bits per heavy atom. The van der Waals surface area contributed by atoms with Gasteiger partial charge in [0.1, 0.15) is 0 Å². The molecule has 1 aliphatic heterocycles. The van der Waals surface area contributed by atoms with Crippen LogP contribution in [0.5, 0.6) is 0 Å². The van der Waals surface area contributed by atoms with Crippen molar-refractivity contribution in [1.29, 1.82) is 0 Å². The van der Waals surface area contributed by atoms with E-state index in [0.29, 0.717) is 19.5 Å². The first-order valence-electron chi connectivity index (χ1n) is 9.01. The summed E-state index contributed by atoms with van der Waals surface area (Å²) in [7, 11) is 0. The average molecular weight is 333 g/mol. The average Bonchev–Trinajstić information content (AvgIpc) is 2.54.